The van der Waals surface area contributed by atoms with Crippen molar-refractivity contribution in [1.82, 2.24) is 10.6 Å². The minimum absolute atomic E-state index is 0.372. The third-order valence-corrected chi connectivity index (χ3v) is 2.27. The molecular formula is C13H21N3O. The predicted molar refractivity (Wildman–Crippen MR) is 71.5 cm³/mol. The molecule has 0 bridgehead atoms. The fraction of sp³-hybridized carbons (Fsp3) is 0.462. The van der Waals surface area contributed by atoms with Gasteiger partial charge in [-0.2, -0.15) is 0 Å². The topological polar surface area (TPSA) is 45.7 Å². The van der Waals surface area contributed by atoms with Crippen LogP contribution in [-0.2, 0) is 6.54 Å². The number of aliphatic imine (C=N–C) groups is 1. The van der Waals surface area contributed by atoms with E-state index in [9.17, 15) is 0 Å². The van der Waals surface area contributed by atoms with Crippen LogP contribution in [-0.4, -0.2) is 26.2 Å². The summed E-state index contributed by atoms with van der Waals surface area (Å²) in [4.78, 5) is 4.15. The third kappa shape index (κ3) is 4.76. The Labute approximate surface area is 103 Å². The van der Waals surface area contributed by atoms with E-state index in [4.69, 9.17) is 4.74 Å². The molecule has 1 aromatic carbocycles. The first-order valence-corrected chi connectivity index (χ1v) is 5.76. The largest absolute Gasteiger partial charge is 0.497 e. The standard InChI is InChI=1S/C13H21N3O/c1-10(2)16-13(14-3)15-9-11-5-7-12(17-4)8-6-11/h5-8,10H,9H2,1-4H3,(H2,14,15,16). The average molecular weight is 235 g/mol. The van der Waals surface area contributed by atoms with Crippen LogP contribution >= 0.6 is 0 Å². The van der Waals surface area contributed by atoms with Crippen LogP contribution in [0.3, 0.4) is 0 Å². The van der Waals surface area contributed by atoms with Crippen molar-refractivity contribution in [2.75, 3.05) is 14.2 Å². The van der Waals surface area contributed by atoms with Gasteiger partial charge in [0.15, 0.2) is 5.96 Å². The van der Waals surface area contributed by atoms with Gasteiger partial charge < -0.3 is 15.4 Å². The molecule has 0 aliphatic rings. The summed E-state index contributed by atoms with van der Waals surface area (Å²) >= 11 is 0. The lowest BCUT2D eigenvalue weighted by Gasteiger charge is -2.14. The molecule has 0 atom stereocenters. The van der Waals surface area contributed by atoms with E-state index in [1.807, 2.05) is 24.3 Å². The Balaban J connectivity index is 2.48. The molecule has 0 spiro atoms. The van der Waals surface area contributed by atoms with E-state index in [-0.39, 0.29) is 0 Å². The molecule has 0 aliphatic heterocycles. The van der Waals surface area contributed by atoms with Gasteiger partial charge in [0.1, 0.15) is 5.75 Å². The fourth-order valence-electron chi connectivity index (χ4n) is 1.40. The molecule has 0 unspecified atom stereocenters. The van der Waals surface area contributed by atoms with Crippen LogP contribution in [0.2, 0.25) is 0 Å². The summed E-state index contributed by atoms with van der Waals surface area (Å²) in [6.07, 6.45) is 0. The Morgan fingerprint density at radius 2 is 1.94 bits per heavy atom. The van der Waals surface area contributed by atoms with Gasteiger partial charge in [0, 0.05) is 19.6 Å². The van der Waals surface area contributed by atoms with Gasteiger partial charge in [-0.15, -0.1) is 0 Å². The highest BCUT2D eigenvalue weighted by Crippen LogP contribution is 2.10. The molecule has 0 amide bonds. The van der Waals surface area contributed by atoms with Crippen molar-refractivity contribution in [1.29, 1.82) is 0 Å². The first-order chi connectivity index (χ1) is 8.15. The van der Waals surface area contributed by atoms with Crippen LogP contribution in [0.1, 0.15) is 19.4 Å². The highest BCUT2D eigenvalue weighted by atomic mass is 16.5. The van der Waals surface area contributed by atoms with Gasteiger partial charge in [-0.25, -0.2) is 0 Å². The zero-order valence-electron chi connectivity index (χ0n) is 10.9. The lowest BCUT2D eigenvalue weighted by Crippen LogP contribution is -2.40. The maximum absolute atomic E-state index is 5.11. The van der Waals surface area contributed by atoms with Crippen LogP contribution in [0.25, 0.3) is 0 Å². The molecule has 4 nitrogen and oxygen atoms in total. The second kappa shape index (κ2) is 6.78. The summed E-state index contributed by atoms with van der Waals surface area (Å²) in [5.41, 5.74) is 1.19. The second-order valence-corrected chi connectivity index (χ2v) is 4.07. The molecule has 17 heavy (non-hydrogen) atoms. The van der Waals surface area contributed by atoms with Crippen molar-refractivity contribution in [3.05, 3.63) is 29.8 Å². The first-order valence-electron chi connectivity index (χ1n) is 5.76. The van der Waals surface area contributed by atoms with E-state index < -0.39 is 0 Å². The molecule has 0 radical (unpaired) electrons. The van der Waals surface area contributed by atoms with Crippen molar-refractivity contribution >= 4 is 5.96 Å². The minimum atomic E-state index is 0.372. The van der Waals surface area contributed by atoms with Gasteiger partial charge in [0.25, 0.3) is 0 Å². The Kier molecular flexibility index (Phi) is 5.33. The van der Waals surface area contributed by atoms with Gasteiger partial charge in [-0.3, -0.25) is 4.99 Å². The van der Waals surface area contributed by atoms with E-state index in [0.717, 1.165) is 18.3 Å². The zero-order chi connectivity index (χ0) is 12.7. The highest BCUT2D eigenvalue weighted by Gasteiger charge is 2.00. The Morgan fingerprint density at radius 1 is 1.29 bits per heavy atom. The van der Waals surface area contributed by atoms with E-state index >= 15 is 0 Å². The van der Waals surface area contributed by atoms with Crippen LogP contribution in [0, 0.1) is 0 Å². The summed E-state index contributed by atoms with van der Waals surface area (Å²) in [6, 6.07) is 8.35. The van der Waals surface area contributed by atoms with Crippen LogP contribution < -0.4 is 15.4 Å². The number of ether oxygens (including phenoxy) is 1. The SMILES string of the molecule is CN=C(NCc1ccc(OC)cc1)NC(C)C. The molecule has 1 rings (SSSR count). The Bertz CT molecular complexity index is 357. The Hall–Kier alpha value is -1.71. The molecule has 4 heteroatoms. The second-order valence-electron chi connectivity index (χ2n) is 4.07. The number of rotatable bonds is 4. The zero-order valence-corrected chi connectivity index (χ0v) is 10.9. The molecule has 0 saturated carbocycles. The Morgan fingerprint density at radius 3 is 2.41 bits per heavy atom. The molecule has 0 aliphatic carbocycles. The third-order valence-electron chi connectivity index (χ3n) is 2.27. The van der Waals surface area contributed by atoms with Gasteiger partial charge in [-0.1, -0.05) is 12.1 Å². The smallest absolute Gasteiger partial charge is 0.191 e. The lowest BCUT2D eigenvalue weighted by molar-refractivity contribution is 0.414. The first kappa shape index (κ1) is 13.4. The monoisotopic (exact) mass is 235 g/mol. The minimum Gasteiger partial charge on any atom is -0.497 e. The molecule has 0 fully saturated rings. The van der Waals surface area contributed by atoms with Crippen molar-refractivity contribution in [2.24, 2.45) is 4.99 Å². The number of guanidine groups is 1. The predicted octanol–water partition coefficient (Wildman–Crippen LogP) is 1.77. The number of nitrogens with zero attached hydrogens (tertiary/aromatic N) is 1. The van der Waals surface area contributed by atoms with E-state index in [1.165, 1.54) is 5.56 Å². The lowest BCUT2D eigenvalue weighted by atomic mass is 10.2. The van der Waals surface area contributed by atoms with Crippen molar-refractivity contribution in [3.8, 4) is 5.75 Å². The molecular weight excluding hydrogens is 214 g/mol. The number of benzene rings is 1. The van der Waals surface area contributed by atoms with Crippen LogP contribution in [0.5, 0.6) is 5.75 Å². The van der Waals surface area contributed by atoms with E-state index in [0.29, 0.717) is 6.04 Å². The molecule has 0 heterocycles. The van der Waals surface area contributed by atoms with Crippen LogP contribution in [0.4, 0.5) is 0 Å². The fourth-order valence-corrected chi connectivity index (χ4v) is 1.40. The van der Waals surface area contributed by atoms with Gasteiger partial charge >= 0.3 is 0 Å². The van der Waals surface area contributed by atoms with Gasteiger partial charge in [0.2, 0.25) is 0 Å². The summed E-state index contributed by atoms with van der Waals surface area (Å²) in [7, 11) is 3.44. The highest BCUT2D eigenvalue weighted by molar-refractivity contribution is 5.79. The molecule has 0 saturated heterocycles. The normalized spacial score (nSPS) is 11.5. The molecule has 2 N–H and O–H groups in total. The summed E-state index contributed by atoms with van der Waals surface area (Å²) < 4.78 is 5.11. The van der Waals surface area contributed by atoms with Crippen molar-refractivity contribution < 1.29 is 4.74 Å². The number of methoxy groups -OCH3 is 1. The average Bonchev–Trinajstić information content (AvgIpc) is 2.34. The molecule has 1 aromatic rings. The van der Waals surface area contributed by atoms with Gasteiger partial charge in [0.05, 0.1) is 7.11 Å². The summed E-state index contributed by atoms with van der Waals surface area (Å²) in [6.45, 7) is 4.91. The van der Waals surface area contributed by atoms with Gasteiger partial charge in [-0.05, 0) is 31.5 Å². The van der Waals surface area contributed by atoms with E-state index in [1.54, 1.807) is 14.2 Å². The number of hydrogen-bond donors (Lipinski definition) is 2. The maximum atomic E-state index is 5.11. The van der Waals surface area contributed by atoms with Crippen molar-refractivity contribution in [3.63, 3.8) is 0 Å². The summed E-state index contributed by atoms with van der Waals surface area (Å²) in [5, 5.41) is 6.49. The number of nitrogens with one attached hydrogen (secondary N) is 2. The van der Waals surface area contributed by atoms with E-state index in [2.05, 4.69) is 29.5 Å². The summed E-state index contributed by atoms with van der Waals surface area (Å²) in [5.74, 6) is 1.69. The maximum Gasteiger partial charge on any atom is 0.191 e. The quantitative estimate of drug-likeness (QED) is 0.617. The van der Waals surface area contributed by atoms with Crippen LogP contribution in [0.15, 0.2) is 29.3 Å². The number of hydrogen-bond acceptors (Lipinski definition) is 2. The van der Waals surface area contributed by atoms with Crippen molar-refractivity contribution in [2.45, 2.75) is 26.4 Å². The molecule has 0 aromatic heterocycles. The molecule has 94 valence electrons.